The zero-order valence-corrected chi connectivity index (χ0v) is 15.2. The molecule has 1 aromatic carbocycles. The molecule has 1 aliphatic carbocycles. The molecule has 1 aliphatic heterocycles. The Labute approximate surface area is 157 Å². The van der Waals surface area contributed by atoms with Gasteiger partial charge in [0.1, 0.15) is 5.75 Å². The van der Waals surface area contributed by atoms with Gasteiger partial charge in [-0.1, -0.05) is 11.3 Å². The first-order valence-corrected chi connectivity index (χ1v) is 8.84. The molecule has 1 spiro atoms. The normalized spacial score (nSPS) is 21.3. The molecular weight excluding hydrogens is 391 g/mol. The summed E-state index contributed by atoms with van der Waals surface area (Å²) in [4.78, 5) is 16.7. The van der Waals surface area contributed by atoms with Gasteiger partial charge in [0.05, 0.1) is 10.2 Å². The van der Waals surface area contributed by atoms with Crippen LogP contribution in [0.2, 0.25) is 0 Å². The van der Waals surface area contributed by atoms with Crippen molar-refractivity contribution >= 4 is 45.0 Å². The first-order valence-electron chi connectivity index (χ1n) is 8.03. The molecule has 0 radical (unpaired) electrons. The second-order valence-electron chi connectivity index (χ2n) is 6.55. The lowest BCUT2D eigenvalue weighted by Crippen LogP contribution is -2.31. The number of hydrogen-bond donors (Lipinski definition) is 2. The summed E-state index contributed by atoms with van der Waals surface area (Å²) >= 11 is 1.14. The fourth-order valence-corrected chi connectivity index (χ4v) is 4.44. The molecule has 2 aromatic rings. The Hall–Kier alpha value is -1.58. The summed E-state index contributed by atoms with van der Waals surface area (Å²) < 4.78 is 41.3. The zero-order chi connectivity index (χ0) is 17.7. The maximum absolute atomic E-state index is 12.4. The highest BCUT2D eigenvalue weighted by atomic mass is 35.5. The van der Waals surface area contributed by atoms with Crippen LogP contribution in [0.4, 0.5) is 18.3 Å². The van der Waals surface area contributed by atoms with Crippen LogP contribution in [0.5, 0.6) is 5.75 Å². The maximum Gasteiger partial charge on any atom is 0.573 e. The molecule has 1 saturated carbocycles. The molecule has 0 bridgehead atoms. The third-order valence-corrected chi connectivity index (χ3v) is 5.86. The summed E-state index contributed by atoms with van der Waals surface area (Å²) in [6, 6.07) is 3.95. The Morgan fingerprint density at radius 3 is 2.77 bits per heavy atom. The van der Waals surface area contributed by atoms with E-state index in [9.17, 15) is 18.0 Å². The number of fused-ring (bicyclic) bond motifs is 1. The Morgan fingerprint density at radius 1 is 1.35 bits per heavy atom. The number of nitrogens with one attached hydrogen (secondary N) is 2. The lowest BCUT2D eigenvalue weighted by Gasteiger charge is -2.22. The third kappa shape index (κ3) is 3.89. The number of carbonyl (C=O) groups excluding carboxylic acids is 1. The van der Waals surface area contributed by atoms with E-state index in [-0.39, 0.29) is 35.4 Å². The Bertz CT molecular complexity index is 821. The summed E-state index contributed by atoms with van der Waals surface area (Å²) in [7, 11) is 0. The molecule has 2 heterocycles. The summed E-state index contributed by atoms with van der Waals surface area (Å²) in [6.07, 6.45) is -1.83. The Morgan fingerprint density at radius 2 is 2.08 bits per heavy atom. The van der Waals surface area contributed by atoms with Crippen molar-refractivity contribution in [3.8, 4) is 5.75 Å². The molecule has 5 nitrogen and oxygen atoms in total. The van der Waals surface area contributed by atoms with Crippen LogP contribution < -0.4 is 15.4 Å². The van der Waals surface area contributed by atoms with Crippen LogP contribution >= 0.6 is 23.7 Å². The summed E-state index contributed by atoms with van der Waals surface area (Å²) in [5.74, 6) is -0.337. The molecule has 10 heteroatoms. The monoisotopic (exact) mass is 407 g/mol. The first kappa shape index (κ1) is 19.2. The van der Waals surface area contributed by atoms with E-state index in [1.54, 1.807) is 0 Å². The van der Waals surface area contributed by atoms with E-state index < -0.39 is 6.36 Å². The van der Waals surface area contributed by atoms with Crippen molar-refractivity contribution in [2.24, 2.45) is 11.3 Å². The van der Waals surface area contributed by atoms with Crippen molar-refractivity contribution < 1.29 is 22.7 Å². The number of rotatable bonds is 3. The molecule has 1 aromatic heterocycles. The van der Waals surface area contributed by atoms with Crippen molar-refractivity contribution in [3.05, 3.63) is 18.2 Å². The summed E-state index contributed by atoms with van der Waals surface area (Å²) in [5, 5.41) is 6.52. The number of benzene rings is 1. The van der Waals surface area contributed by atoms with Crippen LogP contribution in [0.25, 0.3) is 10.2 Å². The largest absolute Gasteiger partial charge is 0.573 e. The standard InChI is InChI=1S/C16H16F3N3O2S.ClH/c17-16(18,19)24-9-1-2-11-12(7-9)25-14(21-11)22-13(23)10-8-15(10)3-5-20-6-4-15;/h1-2,7,10,20H,3-6,8H2,(H,21,22,23);1H. The van der Waals surface area contributed by atoms with Gasteiger partial charge < -0.3 is 15.4 Å². The Balaban J connectivity index is 0.00000196. The number of amides is 1. The number of thiazole rings is 1. The second kappa shape index (κ2) is 6.86. The van der Waals surface area contributed by atoms with E-state index in [0.29, 0.717) is 15.3 Å². The molecular formula is C16H17ClF3N3O2S. The quantitative estimate of drug-likeness (QED) is 0.808. The zero-order valence-electron chi connectivity index (χ0n) is 13.6. The maximum atomic E-state index is 12.4. The molecule has 2 N–H and O–H groups in total. The van der Waals surface area contributed by atoms with Gasteiger partial charge in [-0.05, 0) is 49.9 Å². The van der Waals surface area contributed by atoms with Crippen molar-refractivity contribution in [2.45, 2.75) is 25.6 Å². The second-order valence-corrected chi connectivity index (χ2v) is 7.59. The fraction of sp³-hybridized carbons (Fsp3) is 0.500. The number of nitrogens with zero attached hydrogens (tertiary/aromatic N) is 1. The number of carbonyl (C=O) groups is 1. The predicted molar refractivity (Wildman–Crippen MR) is 94.8 cm³/mol. The van der Waals surface area contributed by atoms with E-state index in [0.717, 1.165) is 43.7 Å². The third-order valence-electron chi connectivity index (χ3n) is 4.93. The molecule has 142 valence electrons. The van der Waals surface area contributed by atoms with Crippen LogP contribution in [0.1, 0.15) is 19.3 Å². The van der Waals surface area contributed by atoms with Crippen molar-refractivity contribution in [1.82, 2.24) is 10.3 Å². The minimum atomic E-state index is -4.73. The van der Waals surface area contributed by atoms with Crippen molar-refractivity contribution in [2.75, 3.05) is 18.4 Å². The molecule has 1 saturated heterocycles. The van der Waals surface area contributed by atoms with Gasteiger partial charge in [-0.25, -0.2) is 4.98 Å². The number of aromatic nitrogens is 1. The van der Waals surface area contributed by atoms with E-state index >= 15 is 0 Å². The molecule has 1 unspecified atom stereocenters. The van der Waals surface area contributed by atoms with E-state index in [2.05, 4.69) is 20.4 Å². The SMILES string of the molecule is Cl.O=C(Nc1nc2ccc(OC(F)(F)F)cc2s1)C1CC12CCNCC2. The predicted octanol–water partition coefficient (Wildman–Crippen LogP) is 3.94. The fourth-order valence-electron chi connectivity index (χ4n) is 3.54. The van der Waals surface area contributed by atoms with Crippen LogP contribution in [0, 0.1) is 11.3 Å². The molecule has 1 amide bonds. The van der Waals surface area contributed by atoms with Crippen molar-refractivity contribution in [3.63, 3.8) is 0 Å². The topological polar surface area (TPSA) is 63.2 Å². The number of halogens is 4. The molecule has 4 rings (SSSR count). The van der Waals surface area contributed by atoms with Gasteiger partial charge in [0.15, 0.2) is 5.13 Å². The highest BCUT2D eigenvalue weighted by Gasteiger charge is 2.57. The van der Waals surface area contributed by atoms with Gasteiger partial charge >= 0.3 is 6.36 Å². The number of alkyl halides is 3. The van der Waals surface area contributed by atoms with Crippen LogP contribution in [-0.4, -0.2) is 30.3 Å². The highest BCUT2D eigenvalue weighted by molar-refractivity contribution is 7.22. The average Bonchev–Trinajstić information content (AvgIpc) is 3.07. The molecule has 2 aliphatic rings. The molecule has 26 heavy (non-hydrogen) atoms. The van der Waals surface area contributed by atoms with Crippen LogP contribution in [-0.2, 0) is 4.79 Å². The van der Waals surface area contributed by atoms with E-state index in [1.807, 2.05) is 0 Å². The number of ether oxygens (including phenoxy) is 1. The minimum Gasteiger partial charge on any atom is -0.406 e. The van der Waals surface area contributed by atoms with Crippen LogP contribution in [0.3, 0.4) is 0 Å². The van der Waals surface area contributed by atoms with Gasteiger partial charge in [0.25, 0.3) is 0 Å². The summed E-state index contributed by atoms with van der Waals surface area (Å²) in [6.45, 7) is 1.87. The number of anilines is 1. The number of piperidine rings is 1. The number of hydrogen-bond acceptors (Lipinski definition) is 5. The average molecular weight is 408 g/mol. The van der Waals surface area contributed by atoms with E-state index in [1.165, 1.54) is 18.2 Å². The van der Waals surface area contributed by atoms with E-state index in [4.69, 9.17) is 0 Å². The Kier molecular flexibility index (Phi) is 5.06. The van der Waals surface area contributed by atoms with Gasteiger partial charge in [-0.3, -0.25) is 4.79 Å². The molecule has 2 fully saturated rings. The summed E-state index contributed by atoms with van der Waals surface area (Å²) in [5.41, 5.74) is 0.655. The van der Waals surface area contributed by atoms with Gasteiger partial charge in [-0.15, -0.1) is 25.6 Å². The van der Waals surface area contributed by atoms with Gasteiger partial charge in [0.2, 0.25) is 5.91 Å². The van der Waals surface area contributed by atoms with Crippen LogP contribution in [0.15, 0.2) is 18.2 Å². The highest BCUT2D eigenvalue weighted by Crippen LogP contribution is 2.58. The minimum absolute atomic E-state index is 0. The lowest BCUT2D eigenvalue weighted by atomic mass is 9.92. The smallest absolute Gasteiger partial charge is 0.406 e. The lowest BCUT2D eigenvalue weighted by molar-refractivity contribution is -0.274. The van der Waals surface area contributed by atoms with Gasteiger partial charge in [0, 0.05) is 12.0 Å². The molecule has 1 atom stereocenters. The van der Waals surface area contributed by atoms with Crippen molar-refractivity contribution in [1.29, 1.82) is 0 Å². The first-order chi connectivity index (χ1) is 11.8. The van der Waals surface area contributed by atoms with Gasteiger partial charge in [-0.2, -0.15) is 0 Å².